The molecule has 1 aliphatic carbocycles. The third-order valence-electron chi connectivity index (χ3n) is 9.24. The number of fused-ring (bicyclic) bond motifs is 2. The van der Waals surface area contributed by atoms with Crippen molar-refractivity contribution in [1.82, 2.24) is 14.5 Å². The topological polar surface area (TPSA) is 111 Å². The molecule has 4 aromatic carbocycles. The van der Waals surface area contributed by atoms with Crippen LogP contribution in [-0.2, 0) is 34.2 Å². The Morgan fingerprint density at radius 3 is 2.40 bits per heavy atom. The minimum Gasteiger partial charge on any atom is -0.487 e. The Bertz CT molecular complexity index is 2220. The molecule has 2 aromatic heterocycles. The first kappa shape index (κ1) is 30.6. The molecule has 9 heteroatoms. The Hall–Kier alpha value is -5.02. The Balaban J connectivity index is 1.20. The summed E-state index contributed by atoms with van der Waals surface area (Å²) in [6, 6.07) is 32.8. The van der Waals surface area contributed by atoms with E-state index in [2.05, 4.69) is 10.6 Å². The van der Waals surface area contributed by atoms with Crippen LogP contribution in [-0.4, -0.2) is 40.3 Å². The molecule has 1 fully saturated rings. The maximum Gasteiger partial charge on any atom is 0.310 e. The molecule has 0 spiro atoms. The van der Waals surface area contributed by atoms with Crippen LogP contribution >= 0.6 is 0 Å². The van der Waals surface area contributed by atoms with Crippen LogP contribution in [0.3, 0.4) is 0 Å². The standard InChI is InChI=1S/C38H35N3O5S/c1-47(44,45)32-16-12-27(13-17-32)29-9-6-7-26(21-29)24-41-35-18-15-31(46-25-30-14-11-28-8-2-3-10-33(28)39-30)22-34(35)40-36(41)23-38(37(42)43)19-4-5-20-38/h2-3,6-18,21-22H,4-5,19-20,23-25H2,1H3,(H,42,43). The van der Waals surface area contributed by atoms with Crippen LogP contribution in [0.2, 0.25) is 0 Å². The number of hydrogen-bond donors (Lipinski definition) is 1. The molecule has 1 aliphatic rings. The zero-order valence-electron chi connectivity index (χ0n) is 26.1. The molecule has 47 heavy (non-hydrogen) atoms. The molecular weight excluding hydrogens is 611 g/mol. The lowest BCUT2D eigenvalue weighted by molar-refractivity contribution is -0.148. The highest BCUT2D eigenvalue weighted by atomic mass is 32.2. The largest absolute Gasteiger partial charge is 0.487 e. The molecule has 0 radical (unpaired) electrons. The van der Waals surface area contributed by atoms with Gasteiger partial charge in [-0.1, -0.05) is 67.4 Å². The first-order chi connectivity index (χ1) is 22.7. The summed E-state index contributed by atoms with van der Waals surface area (Å²) in [5, 5.41) is 11.4. The van der Waals surface area contributed by atoms with Crippen molar-refractivity contribution in [2.75, 3.05) is 6.26 Å². The van der Waals surface area contributed by atoms with Crippen LogP contribution in [0.25, 0.3) is 33.1 Å². The highest BCUT2D eigenvalue weighted by Crippen LogP contribution is 2.42. The minimum absolute atomic E-state index is 0.281. The van der Waals surface area contributed by atoms with Gasteiger partial charge < -0.3 is 14.4 Å². The molecule has 8 nitrogen and oxygen atoms in total. The number of aliphatic carboxylic acids is 1. The molecule has 6 aromatic rings. The van der Waals surface area contributed by atoms with Crippen LogP contribution in [0.1, 0.15) is 42.8 Å². The van der Waals surface area contributed by atoms with Gasteiger partial charge in [0.05, 0.1) is 32.6 Å². The van der Waals surface area contributed by atoms with Crippen molar-refractivity contribution in [2.24, 2.45) is 5.41 Å². The summed E-state index contributed by atoms with van der Waals surface area (Å²) in [5.74, 6) is 0.637. The van der Waals surface area contributed by atoms with E-state index in [9.17, 15) is 18.3 Å². The number of nitrogens with zero attached hydrogens (tertiary/aromatic N) is 3. The van der Waals surface area contributed by atoms with E-state index in [0.717, 1.165) is 63.0 Å². The number of para-hydroxylation sites is 1. The molecule has 0 unspecified atom stereocenters. The summed E-state index contributed by atoms with van der Waals surface area (Å²) in [6.07, 6.45) is 4.62. The van der Waals surface area contributed by atoms with E-state index in [0.29, 0.717) is 38.2 Å². The van der Waals surface area contributed by atoms with Crippen LogP contribution in [0.4, 0.5) is 0 Å². The van der Waals surface area contributed by atoms with Crippen molar-refractivity contribution in [3.05, 3.63) is 120 Å². The fraction of sp³-hybridized carbons (Fsp3) is 0.237. The molecule has 0 saturated heterocycles. The van der Waals surface area contributed by atoms with Crippen LogP contribution < -0.4 is 4.74 Å². The van der Waals surface area contributed by atoms with Crippen LogP contribution in [0, 0.1) is 5.41 Å². The van der Waals surface area contributed by atoms with E-state index in [4.69, 9.17) is 14.7 Å². The molecule has 1 N–H and O–H groups in total. The number of ether oxygens (including phenoxy) is 1. The van der Waals surface area contributed by atoms with E-state index in [1.54, 1.807) is 12.1 Å². The quantitative estimate of drug-likeness (QED) is 0.165. The zero-order chi connectivity index (χ0) is 32.6. The first-order valence-electron chi connectivity index (χ1n) is 15.8. The summed E-state index contributed by atoms with van der Waals surface area (Å²) in [7, 11) is -3.28. The lowest BCUT2D eigenvalue weighted by Gasteiger charge is -2.24. The van der Waals surface area contributed by atoms with E-state index in [1.165, 1.54) is 6.26 Å². The second-order valence-electron chi connectivity index (χ2n) is 12.5. The van der Waals surface area contributed by atoms with Crippen molar-refractivity contribution in [3.63, 3.8) is 0 Å². The summed E-state index contributed by atoms with van der Waals surface area (Å²) in [5.41, 5.74) is 5.45. The normalized spacial score (nSPS) is 14.5. The highest BCUT2D eigenvalue weighted by molar-refractivity contribution is 7.90. The van der Waals surface area contributed by atoms with Gasteiger partial charge in [0.15, 0.2) is 9.84 Å². The second-order valence-corrected chi connectivity index (χ2v) is 14.5. The van der Waals surface area contributed by atoms with Crippen molar-refractivity contribution < 1.29 is 23.1 Å². The van der Waals surface area contributed by atoms with Crippen LogP contribution in [0.5, 0.6) is 5.75 Å². The minimum atomic E-state index is -3.28. The monoisotopic (exact) mass is 645 g/mol. The third kappa shape index (κ3) is 6.36. The molecule has 7 rings (SSSR count). The molecule has 2 heterocycles. The number of sulfone groups is 1. The number of benzene rings is 4. The van der Waals surface area contributed by atoms with Gasteiger partial charge in [0.1, 0.15) is 18.2 Å². The summed E-state index contributed by atoms with van der Waals surface area (Å²) in [6.45, 7) is 0.808. The Kier molecular flexibility index (Phi) is 8.01. The van der Waals surface area contributed by atoms with Gasteiger partial charge in [-0.2, -0.15) is 0 Å². The Morgan fingerprint density at radius 1 is 0.851 bits per heavy atom. The summed E-state index contributed by atoms with van der Waals surface area (Å²) < 4.78 is 32.2. The summed E-state index contributed by atoms with van der Waals surface area (Å²) in [4.78, 5) is 22.6. The number of imidazole rings is 1. The van der Waals surface area contributed by atoms with Gasteiger partial charge in [0.2, 0.25) is 0 Å². The Labute approximate surface area is 273 Å². The van der Waals surface area contributed by atoms with Crippen molar-refractivity contribution in [2.45, 2.75) is 50.2 Å². The number of aromatic nitrogens is 3. The van der Waals surface area contributed by atoms with Gasteiger partial charge in [-0.25, -0.2) is 18.4 Å². The molecule has 0 amide bonds. The maximum absolute atomic E-state index is 12.6. The SMILES string of the molecule is CS(=O)(=O)c1ccc(-c2cccc(Cn3c(CC4(C(=O)O)CCCC4)nc4cc(OCc5ccc6ccccc6n5)ccc43)c2)cc1. The fourth-order valence-corrected chi connectivity index (χ4v) is 7.28. The van der Waals surface area contributed by atoms with E-state index < -0.39 is 21.2 Å². The number of carbonyl (C=O) groups is 1. The average molecular weight is 646 g/mol. The van der Waals surface area contributed by atoms with Gasteiger partial charge in [0.25, 0.3) is 0 Å². The maximum atomic E-state index is 12.6. The van der Waals surface area contributed by atoms with Gasteiger partial charge in [-0.15, -0.1) is 0 Å². The molecular formula is C38H35N3O5S. The molecule has 0 bridgehead atoms. The molecule has 0 atom stereocenters. The number of carboxylic acids is 1. The predicted octanol–water partition coefficient (Wildman–Crippen LogP) is 7.47. The van der Waals surface area contributed by atoms with Gasteiger partial charge >= 0.3 is 5.97 Å². The van der Waals surface area contributed by atoms with Crippen molar-refractivity contribution in [3.8, 4) is 16.9 Å². The number of carboxylic acid groups (broad SMARTS) is 1. The molecule has 0 aliphatic heterocycles. The second kappa shape index (κ2) is 12.3. The number of pyridine rings is 1. The molecule has 1 saturated carbocycles. The Morgan fingerprint density at radius 2 is 1.64 bits per heavy atom. The van der Waals surface area contributed by atoms with Crippen LogP contribution in [0.15, 0.2) is 108 Å². The summed E-state index contributed by atoms with van der Waals surface area (Å²) >= 11 is 0. The average Bonchev–Trinajstić information content (AvgIpc) is 3.69. The van der Waals surface area contributed by atoms with Crippen molar-refractivity contribution >= 4 is 37.7 Å². The van der Waals surface area contributed by atoms with Gasteiger partial charge in [0, 0.05) is 30.7 Å². The van der Waals surface area contributed by atoms with Crippen molar-refractivity contribution in [1.29, 1.82) is 0 Å². The molecule has 238 valence electrons. The zero-order valence-corrected chi connectivity index (χ0v) is 26.9. The fourth-order valence-electron chi connectivity index (χ4n) is 6.65. The van der Waals surface area contributed by atoms with E-state index in [1.807, 2.05) is 84.9 Å². The predicted molar refractivity (Wildman–Crippen MR) is 182 cm³/mol. The van der Waals surface area contributed by atoms with E-state index >= 15 is 0 Å². The lowest BCUT2D eigenvalue weighted by Crippen LogP contribution is -2.31. The highest BCUT2D eigenvalue weighted by Gasteiger charge is 2.42. The third-order valence-corrected chi connectivity index (χ3v) is 10.4. The lowest BCUT2D eigenvalue weighted by atomic mass is 9.82. The van der Waals surface area contributed by atoms with E-state index in [-0.39, 0.29) is 4.90 Å². The van der Waals surface area contributed by atoms with Gasteiger partial charge in [-0.05, 0) is 72.0 Å². The smallest absolute Gasteiger partial charge is 0.310 e. The number of rotatable bonds is 10. The number of hydrogen-bond acceptors (Lipinski definition) is 6. The van der Waals surface area contributed by atoms with Gasteiger partial charge in [-0.3, -0.25) is 4.79 Å². The first-order valence-corrected chi connectivity index (χ1v) is 17.7.